The topological polar surface area (TPSA) is 77.8 Å². The molecule has 0 aliphatic rings. The lowest BCUT2D eigenvalue weighted by atomic mass is 10.2. The predicted molar refractivity (Wildman–Crippen MR) is 72.3 cm³/mol. The van der Waals surface area contributed by atoms with Crippen LogP contribution in [0.25, 0.3) is 23.0 Å². The highest BCUT2D eigenvalue weighted by Gasteiger charge is 2.14. The molecule has 7 heteroatoms. The van der Waals surface area contributed by atoms with Crippen LogP contribution in [0.15, 0.2) is 41.1 Å². The maximum Gasteiger partial charge on any atom is 0.260 e. The Morgan fingerprint density at radius 2 is 2.05 bits per heavy atom. The molecule has 0 bridgehead atoms. The van der Waals surface area contributed by atoms with E-state index in [1.165, 1.54) is 24.4 Å². The molecule has 0 aliphatic heterocycles. The molecule has 0 atom stereocenters. The molecule has 0 saturated heterocycles. The maximum atomic E-state index is 13.0. The fraction of sp³-hybridized carbons (Fsp3) is 0. The van der Waals surface area contributed by atoms with Gasteiger partial charge in [0.1, 0.15) is 11.5 Å². The first-order valence-electron chi connectivity index (χ1n) is 5.64. The van der Waals surface area contributed by atoms with E-state index in [1.54, 1.807) is 12.1 Å². The Morgan fingerprint density at radius 1 is 1.20 bits per heavy atom. The van der Waals surface area contributed by atoms with Crippen LogP contribution in [0.3, 0.4) is 0 Å². The molecule has 0 saturated carbocycles. The summed E-state index contributed by atoms with van der Waals surface area (Å²) in [6.45, 7) is 0. The molecule has 2 N–H and O–H groups in total. The Hall–Kier alpha value is -2.47. The van der Waals surface area contributed by atoms with Crippen molar-refractivity contribution in [1.29, 1.82) is 0 Å². The molecule has 0 unspecified atom stereocenters. The van der Waals surface area contributed by atoms with Crippen molar-refractivity contribution in [3.8, 4) is 23.0 Å². The van der Waals surface area contributed by atoms with E-state index >= 15 is 0 Å². The standard InChI is InChI=1S/C13H8ClFN4O/c14-7-1-4-11(17-6-7)12-18-13(20-19-12)9-3-2-8(15)5-10(9)16/h1-6H,16H2. The van der Waals surface area contributed by atoms with Gasteiger partial charge in [0.15, 0.2) is 0 Å². The summed E-state index contributed by atoms with van der Waals surface area (Å²) >= 11 is 5.76. The lowest BCUT2D eigenvalue weighted by molar-refractivity contribution is 0.432. The molecule has 20 heavy (non-hydrogen) atoms. The highest BCUT2D eigenvalue weighted by Crippen LogP contribution is 2.26. The second-order valence-corrected chi connectivity index (χ2v) is 4.45. The van der Waals surface area contributed by atoms with E-state index in [-0.39, 0.29) is 11.6 Å². The summed E-state index contributed by atoms with van der Waals surface area (Å²) in [7, 11) is 0. The molecular weight excluding hydrogens is 283 g/mol. The van der Waals surface area contributed by atoms with Crippen LogP contribution in [-0.4, -0.2) is 15.1 Å². The van der Waals surface area contributed by atoms with Gasteiger partial charge in [-0.25, -0.2) is 4.39 Å². The summed E-state index contributed by atoms with van der Waals surface area (Å²) in [4.78, 5) is 8.27. The third kappa shape index (κ3) is 2.33. The lowest BCUT2D eigenvalue weighted by Gasteiger charge is -1.99. The molecule has 0 spiro atoms. The summed E-state index contributed by atoms with van der Waals surface area (Å²) in [6, 6.07) is 7.30. The Kier molecular flexibility index (Phi) is 3.08. The molecule has 0 radical (unpaired) electrons. The van der Waals surface area contributed by atoms with Gasteiger partial charge in [0.2, 0.25) is 5.82 Å². The molecule has 5 nitrogen and oxygen atoms in total. The Labute approximate surface area is 118 Å². The maximum absolute atomic E-state index is 13.0. The van der Waals surface area contributed by atoms with Gasteiger partial charge in [-0.05, 0) is 30.3 Å². The van der Waals surface area contributed by atoms with Crippen LogP contribution in [-0.2, 0) is 0 Å². The molecule has 0 aliphatic carbocycles. The number of anilines is 1. The van der Waals surface area contributed by atoms with Crippen molar-refractivity contribution in [2.24, 2.45) is 0 Å². The normalized spacial score (nSPS) is 10.7. The number of hydrogen-bond acceptors (Lipinski definition) is 5. The lowest BCUT2D eigenvalue weighted by Crippen LogP contribution is -1.91. The van der Waals surface area contributed by atoms with Crippen LogP contribution in [0.5, 0.6) is 0 Å². The van der Waals surface area contributed by atoms with E-state index in [2.05, 4.69) is 15.1 Å². The Morgan fingerprint density at radius 3 is 2.75 bits per heavy atom. The number of hydrogen-bond donors (Lipinski definition) is 1. The zero-order valence-electron chi connectivity index (χ0n) is 10.0. The zero-order chi connectivity index (χ0) is 14.1. The van der Waals surface area contributed by atoms with Crippen molar-refractivity contribution in [2.75, 3.05) is 5.73 Å². The van der Waals surface area contributed by atoms with Gasteiger partial charge >= 0.3 is 0 Å². The van der Waals surface area contributed by atoms with Gasteiger partial charge in [0.05, 0.1) is 10.6 Å². The van der Waals surface area contributed by atoms with E-state index in [4.69, 9.17) is 21.9 Å². The number of halogens is 2. The van der Waals surface area contributed by atoms with E-state index in [9.17, 15) is 4.39 Å². The summed E-state index contributed by atoms with van der Waals surface area (Å²) in [5.74, 6) is 0.0833. The van der Waals surface area contributed by atoms with E-state index in [1.807, 2.05) is 0 Å². The monoisotopic (exact) mass is 290 g/mol. The average molecular weight is 291 g/mol. The average Bonchev–Trinajstić information content (AvgIpc) is 2.89. The number of nitrogen functional groups attached to an aromatic ring is 1. The van der Waals surface area contributed by atoms with Gasteiger partial charge in [-0.3, -0.25) is 4.98 Å². The molecule has 0 fully saturated rings. The SMILES string of the molecule is Nc1cc(F)ccc1-c1nc(-c2ccc(Cl)cn2)no1. The number of rotatable bonds is 2. The summed E-state index contributed by atoms with van der Waals surface area (Å²) < 4.78 is 18.1. The second kappa shape index (κ2) is 4.90. The number of aromatic nitrogens is 3. The van der Waals surface area contributed by atoms with Gasteiger partial charge in [0.25, 0.3) is 5.89 Å². The molecular formula is C13H8ClFN4O. The van der Waals surface area contributed by atoms with Crippen LogP contribution in [0, 0.1) is 5.82 Å². The molecule has 1 aromatic carbocycles. The van der Waals surface area contributed by atoms with Gasteiger partial charge in [0, 0.05) is 11.9 Å². The van der Waals surface area contributed by atoms with Crippen molar-refractivity contribution >= 4 is 17.3 Å². The van der Waals surface area contributed by atoms with Crippen molar-refractivity contribution in [2.45, 2.75) is 0 Å². The predicted octanol–water partition coefficient (Wildman–Crippen LogP) is 3.17. The summed E-state index contributed by atoms with van der Waals surface area (Å²) in [6.07, 6.45) is 1.49. The molecule has 100 valence electrons. The van der Waals surface area contributed by atoms with E-state index < -0.39 is 5.82 Å². The minimum Gasteiger partial charge on any atom is -0.398 e. The first kappa shape index (κ1) is 12.6. The summed E-state index contributed by atoms with van der Waals surface area (Å²) in [5.41, 5.74) is 6.94. The van der Waals surface area contributed by atoms with Crippen molar-refractivity contribution in [3.05, 3.63) is 47.4 Å². The van der Waals surface area contributed by atoms with E-state index in [0.29, 0.717) is 22.1 Å². The first-order chi connectivity index (χ1) is 9.63. The number of nitrogens with two attached hydrogens (primary N) is 1. The van der Waals surface area contributed by atoms with Crippen molar-refractivity contribution in [1.82, 2.24) is 15.1 Å². The largest absolute Gasteiger partial charge is 0.398 e. The quantitative estimate of drug-likeness (QED) is 0.733. The van der Waals surface area contributed by atoms with E-state index in [0.717, 1.165) is 0 Å². The molecule has 2 aromatic heterocycles. The third-order valence-corrected chi connectivity index (χ3v) is 2.85. The van der Waals surface area contributed by atoms with Crippen LogP contribution in [0.4, 0.5) is 10.1 Å². The minimum atomic E-state index is -0.426. The molecule has 3 aromatic rings. The highest BCUT2D eigenvalue weighted by molar-refractivity contribution is 6.30. The van der Waals surface area contributed by atoms with Gasteiger partial charge in [-0.15, -0.1) is 0 Å². The number of nitrogens with zero attached hydrogens (tertiary/aromatic N) is 3. The molecule has 3 rings (SSSR count). The Balaban J connectivity index is 1.99. The van der Waals surface area contributed by atoms with Crippen LogP contribution in [0.2, 0.25) is 5.02 Å². The fourth-order valence-corrected chi connectivity index (χ4v) is 1.79. The molecule has 2 heterocycles. The number of pyridine rings is 1. The highest BCUT2D eigenvalue weighted by atomic mass is 35.5. The van der Waals surface area contributed by atoms with Gasteiger partial charge < -0.3 is 10.3 Å². The van der Waals surface area contributed by atoms with Crippen LogP contribution < -0.4 is 5.73 Å². The second-order valence-electron chi connectivity index (χ2n) is 4.02. The number of benzene rings is 1. The van der Waals surface area contributed by atoms with Gasteiger partial charge in [-0.2, -0.15) is 4.98 Å². The fourth-order valence-electron chi connectivity index (χ4n) is 1.67. The third-order valence-electron chi connectivity index (χ3n) is 2.63. The summed E-state index contributed by atoms with van der Waals surface area (Å²) in [5, 5.41) is 4.33. The van der Waals surface area contributed by atoms with Gasteiger partial charge in [-0.1, -0.05) is 16.8 Å². The van der Waals surface area contributed by atoms with Crippen molar-refractivity contribution < 1.29 is 8.91 Å². The minimum absolute atomic E-state index is 0.203. The van der Waals surface area contributed by atoms with Crippen LogP contribution >= 0.6 is 11.6 Å². The van der Waals surface area contributed by atoms with Crippen molar-refractivity contribution in [3.63, 3.8) is 0 Å². The smallest absolute Gasteiger partial charge is 0.260 e. The zero-order valence-corrected chi connectivity index (χ0v) is 10.8. The Bertz CT molecular complexity index is 757. The molecule has 0 amide bonds. The first-order valence-corrected chi connectivity index (χ1v) is 6.02. The van der Waals surface area contributed by atoms with Crippen LogP contribution in [0.1, 0.15) is 0 Å².